The van der Waals surface area contributed by atoms with E-state index in [1.54, 1.807) is 6.08 Å². The lowest BCUT2D eigenvalue weighted by Crippen LogP contribution is -2.30. The lowest BCUT2D eigenvalue weighted by atomic mass is 10.1. The number of rotatable bonds is 3. The third-order valence-electron chi connectivity index (χ3n) is 4.63. The molecule has 5 heteroatoms. The average molecular weight is 332 g/mol. The molecule has 0 aliphatic carbocycles. The molecule has 126 valence electrons. The Labute approximate surface area is 146 Å². The highest BCUT2D eigenvalue weighted by Crippen LogP contribution is 2.31. The molecule has 4 rings (SSSR count). The highest BCUT2D eigenvalue weighted by Gasteiger charge is 2.32. The smallest absolute Gasteiger partial charge is 0.247 e. The van der Waals surface area contributed by atoms with Gasteiger partial charge in [-0.05, 0) is 43.5 Å². The van der Waals surface area contributed by atoms with Gasteiger partial charge in [0.15, 0.2) is 11.5 Å². The van der Waals surface area contributed by atoms with Gasteiger partial charge in [-0.2, -0.15) is 0 Å². The van der Waals surface area contributed by atoms with Gasteiger partial charge in [-0.25, -0.2) is 0 Å². The molecule has 1 saturated heterocycles. The monoisotopic (exact) mass is 332 g/mol. The summed E-state index contributed by atoms with van der Waals surface area (Å²) < 4.78 is 1.97. The molecule has 3 aromatic rings. The Hall–Kier alpha value is -2.95. The first-order valence-corrected chi connectivity index (χ1v) is 8.57. The molecule has 0 radical (unpaired) electrons. The van der Waals surface area contributed by atoms with Gasteiger partial charge in [-0.15, -0.1) is 10.2 Å². The van der Waals surface area contributed by atoms with Gasteiger partial charge in [0.05, 0.1) is 6.04 Å². The third-order valence-corrected chi connectivity index (χ3v) is 4.63. The molecule has 3 heterocycles. The van der Waals surface area contributed by atoms with Gasteiger partial charge < -0.3 is 4.90 Å². The summed E-state index contributed by atoms with van der Waals surface area (Å²) >= 11 is 0. The van der Waals surface area contributed by atoms with E-state index in [1.165, 1.54) is 5.56 Å². The van der Waals surface area contributed by atoms with Crippen LogP contribution in [-0.2, 0) is 4.79 Å². The van der Waals surface area contributed by atoms with Crippen LogP contribution in [0, 0.1) is 6.92 Å². The summed E-state index contributed by atoms with van der Waals surface area (Å²) in [5.74, 6) is 0.863. The SMILES string of the molecule is Cc1cccc(/C=C\C(=O)N2CCC[C@@H]2c2nnc3ccccn23)c1. The lowest BCUT2D eigenvalue weighted by Gasteiger charge is -2.22. The van der Waals surface area contributed by atoms with Gasteiger partial charge in [0.2, 0.25) is 5.91 Å². The molecule has 1 aliphatic heterocycles. The molecule has 0 saturated carbocycles. The minimum absolute atomic E-state index is 0.0212. The second-order valence-corrected chi connectivity index (χ2v) is 6.42. The number of aromatic nitrogens is 3. The van der Waals surface area contributed by atoms with E-state index in [2.05, 4.69) is 16.3 Å². The summed E-state index contributed by atoms with van der Waals surface area (Å²) in [7, 11) is 0. The van der Waals surface area contributed by atoms with E-state index >= 15 is 0 Å². The highest BCUT2D eigenvalue weighted by atomic mass is 16.2. The number of carbonyl (C=O) groups is 1. The predicted octanol–water partition coefficient (Wildman–Crippen LogP) is 3.41. The Morgan fingerprint density at radius 3 is 3.00 bits per heavy atom. The van der Waals surface area contributed by atoms with Gasteiger partial charge >= 0.3 is 0 Å². The molecular weight excluding hydrogens is 312 g/mol. The van der Waals surface area contributed by atoms with Crippen LogP contribution in [-0.4, -0.2) is 31.9 Å². The number of benzene rings is 1. The number of fused-ring (bicyclic) bond motifs is 1. The molecule has 25 heavy (non-hydrogen) atoms. The number of nitrogens with zero attached hydrogens (tertiary/aromatic N) is 4. The van der Waals surface area contributed by atoms with Crippen LogP contribution in [0.3, 0.4) is 0 Å². The molecule has 5 nitrogen and oxygen atoms in total. The van der Waals surface area contributed by atoms with Gasteiger partial charge in [0.1, 0.15) is 0 Å². The van der Waals surface area contributed by atoms with Gasteiger partial charge in [-0.1, -0.05) is 35.9 Å². The van der Waals surface area contributed by atoms with Crippen LogP contribution in [0.15, 0.2) is 54.7 Å². The van der Waals surface area contributed by atoms with Crippen LogP contribution in [0.25, 0.3) is 11.7 Å². The number of hydrogen-bond acceptors (Lipinski definition) is 3. The standard InChI is InChI=1S/C20H20N4O/c1-15-6-4-7-16(14-15)10-11-19(25)23-13-5-8-17(23)20-22-21-18-9-2-3-12-24(18)20/h2-4,6-7,9-12,14,17H,5,8,13H2,1H3/b11-10-/t17-/m1/s1. The first kappa shape index (κ1) is 15.6. The van der Waals surface area contributed by atoms with Crippen molar-refractivity contribution in [1.29, 1.82) is 0 Å². The summed E-state index contributed by atoms with van der Waals surface area (Å²) in [4.78, 5) is 14.6. The predicted molar refractivity (Wildman–Crippen MR) is 96.9 cm³/mol. The second-order valence-electron chi connectivity index (χ2n) is 6.42. The normalized spacial score (nSPS) is 17.6. The number of likely N-dealkylation sites (tertiary alicyclic amines) is 1. The molecule has 1 fully saturated rings. The maximum Gasteiger partial charge on any atom is 0.247 e. The Morgan fingerprint density at radius 2 is 2.12 bits per heavy atom. The van der Waals surface area contributed by atoms with Crippen LogP contribution in [0.5, 0.6) is 0 Å². The van der Waals surface area contributed by atoms with E-state index in [-0.39, 0.29) is 11.9 Å². The van der Waals surface area contributed by atoms with E-state index in [1.807, 2.05) is 64.9 Å². The van der Waals surface area contributed by atoms with Crippen LogP contribution in [0.2, 0.25) is 0 Å². The zero-order valence-corrected chi connectivity index (χ0v) is 14.2. The topological polar surface area (TPSA) is 50.5 Å². The Balaban J connectivity index is 1.58. The van der Waals surface area contributed by atoms with Gasteiger partial charge in [0, 0.05) is 18.8 Å². The zero-order valence-electron chi connectivity index (χ0n) is 14.2. The summed E-state index contributed by atoms with van der Waals surface area (Å²) in [6.07, 6.45) is 7.40. The minimum atomic E-state index is -0.0212. The maximum absolute atomic E-state index is 12.7. The fourth-order valence-corrected chi connectivity index (χ4v) is 3.42. The first-order valence-electron chi connectivity index (χ1n) is 8.57. The van der Waals surface area contributed by atoms with Crippen LogP contribution in [0.4, 0.5) is 0 Å². The molecule has 1 aliphatic rings. The van der Waals surface area contributed by atoms with Crippen molar-refractivity contribution < 1.29 is 4.79 Å². The molecule has 0 spiro atoms. The molecule has 1 atom stereocenters. The average Bonchev–Trinajstić information content (AvgIpc) is 3.26. The van der Waals surface area contributed by atoms with Gasteiger partial charge in [-0.3, -0.25) is 9.20 Å². The third kappa shape index (κ3) is 3.05. The van der Waals surface area contributed by atoms with E-state index < -0.39 is 0 Å². The lowest BCUT2D eigenvalue weighted by molar-refractivity contribution is -0.127. The largest absolute Gasteiger partial charge is 0.329 e. The summed E-state index contributed by atoms with van der Waals surface area (Å²) in [6.45, 7) is 2.80. The molecule has 1 aromatic carbocycles. The minimum Gasteiger partial charge on any atom is -0.329 e. The van der Waals surface area contributed by atoms with Crippen molar-refractivity contribution in [1.82, 2.24) is 19.5 Å². The number of pyridine rings is 1. The zero-order chi connectivity index (χ0) is 17.2. The van der Waals surface area contributed by atoms with Crippen molar-refractivity contribution >= 4 is 17.6 Å². The van der Waals surface area contributed by atoms with Crippen molar-refractivity contribution in [2.75, 3.05) is 6.54 Å². The van der Waals surface area contributed by atoms with E-state index in [9.17, 15) is 4.79 Å². The molecular formula is C20H20N4O. The van der Waals surface area contributed by atoms with Crippen molar-refractivity contribution in [3.8, 4) is 0 Å². The van der Waals surface area contributed by atoms with Gasteiger partial charge in [0.25, 0.3) is 0 Å². The number of aryl methyl sites for hydroxylation is 1. The van der Waals surface area contributed by atoms with E-state index in [4.69, 9.17) is 0 Å². The molecule has 0 unspecified atom stereocenters. The van der Waals surface area contributed by atoms with Crippen molar-refractivity contribution in [3.63, 3.8) is 0 Å². The molecule has 0 bridgehead atoms. The molecule has 0 N–H and O–H groups in total. The fourth-order valence-electron chi connectivity index (χ4n) is 3.42. The molecule has 2 aromatic heterocycles. The van der Waals surface area contributed by atoms with E-state index in [0.29, 0.717) is 0 Å². The molecule has 1 amide bonds. The first-order chi connectivity index (χ1) is 12.2. The Morgan fingerprint density at radius 1 is 1.20 bits per heavy atom. The summed E-state index contributed by atoms with van der Waals surface area (Å²) in [5.41, 5.74) is 3.03. The summed E-state index contributed by atoms with van der Waals surface area (Å²) in [6, 6.07) is 13.9. The van der Waals surface area contributed by atoms with Crippen LogP contribution >= 0.6 is 0 Å². The maximum atomic E-state index is 12.7. The van der Waals surface area contributed by atoms with Crippen LogP contribution in [0.1, 0.15) is 35.8 Å². The quantitative estimate of drug-likeness (QED) is 0.691. The summed E-state index contributed by atoms with van der Waals surface area (Å²) in [5, 5.41) is 8.55. The number of amides is 1. The van der Waals surface area contributed by atoms with Crippen LogP contribution < -0.4 is 0 Å². The number of carbonyl (C=O) groups excluding carboxylic acids is 1. The second kappa shape index (κ2) is 6.51. The van der Waals surface area contributed by atoms with E-state index in [0.717, 1.165) is 36.4 Å². The fraction of sp³-hybridized carbons (Fsp3) is 0.250. The highest BCUT2D eigenvalue weighted by molar-refractivity contribution is 5.92. The Kier molecular flexibility index (Phi) is 4.06. The Bertz CT molecular complexity index is 944. The van der Waals surface area contributed by atoms with Crippen molar-refractivity contribution in [2.24, 2.45) is 0 Å². The van der Waals surface area contributed by atoms with Crippen molar-refractivity contribution in [3.05, 3.63) is 71.7 Å². The van der Waals surface area contributed by atoms with Crippen molar-refractivity contribution in [2.45, 2.75) is 25.8 Å². The number of hydrogen-bond donors (Lipinski definition) is 0.